The molecule has 0 saturated carbocycles. The second-order valence-corrected chi connectivity index (χ2v) is 2.73. The fourth-order valence-corrected chi connectivity index (χ4v) is 0.673. The van der Waals surface area contributed by atoms with E-state index in [4.69, 9.17) is 21.9 Å². The number of nitrogens with zero attached hydrogens (tertiary/aromatic N) is 1. The summed E-state index contributed by atoms with van der Waals surface area (Å²) in [7, 11) is 0. The van der Waals surface area contributed by atoms with Crippen molar-refractivity contribution in [1.29, 1.82) is 0 Å². The number of alkyl halides is 1. The zero-order valence-electron chi connectivity index (χ0n) is 6.83. The summed E-state index contributed by atoms with van der Waals surface area (Å²) in [5.41, 5.74) is 0. The number of rotatable bonds is 4. The van der Waals surface area contributed by atoms with Crippen LogP contribution in [0.4, 0.5) is 4.79 Å². The summed E-state index contributed by atoms with van der Waals surface area (Å²) < 4.78 is 0. The molecule has 0 aliphatic heterocycles. The number of hydrogen-bond acceptors (Lipinski definition) is 3. The van der Waals surface area contributed by atoms with Gasteiger partial charge in [-0.1, -0.05) is 0 Å². The van der Waals surface area contributed by atoms with E-state index in [0.29, 0.717) is 5.06 Å². The van der Waals surface area contributed by atoms with Crippen molar-refractivity contribution in [3.63, 3.8) is 0 Å². The average molecular weight is 197 g/mol. The van der Waals surface area contributed by atoms with Gasteiger partial charge in [0, 0.05) is 12.4 Å². The van der Waals surface area contributed by atoms with Gasteiger partial charge in [-0.15, -0.1) is 11.6 Å². The minimum atomic E-state index is -0.753. The van der Waals surface area contributed by atoms with E-state index in [-0.39, 0.29) is 19.0 Å². The molecule has 0 rings (SSSR count). The van der Waals surface area contributed by atoms with Crippen molar-refractivity contribution in [2.75, 3.05) is 19.0 Å². The molecule has 0 fully saturated rings. The first-order valence-electron chi connectivity index (χ1n) is 3.56. The summed E-state index contributed by atoms with van der Waals surface area (Å²) in [4.78, 5) is 10.8. The molecule has 1 unspecified atom stereocenters. The largest absolute Gasteiger partial charge is 0.391 e. The molecule has 1 atom stereocenters. The van der Waals surface area contributed by atoms with Gasteiger partial charge < -0.3 is 10.4 Å². The van der Waals surface area contributed by atoms with Crippen molar-refractivity contribution < 1.29 is 15.1 Å². The first kappa shape index (κ1) is 11.5. The molecule has 3 N–H and O–H groups in total. The van der Waals surface area contributed by atoms with Gasteiger partial charge in [-0.3, -0.25) is 5.21 Å². The van der Waals surface area contributed by atoms with E-state index in [1.54, 1.807) is 0 Å². The van der Waals surface area contributed by atoms with Crippen LogP contribution in [0.5, 0.6) is 0 Å². The Morgan fingerprint density at radius 3 is 2.75 bits per heavy atom. The highest BCUT2D eigenvalue weighted by atomic mass is 35.5. The number of halogens is 1. The molecule has 0 aromatic rings. The highest BCUT2D eigenvalue weighted by molar-refractivity contribution is 6.18. The van der Waals surface area contributed by atoms with Crippen molar-refractivity contribution in [2.45, 2.75) is 13.0 Å². The predicted molar refractivity (Wildman–Crippen MR) is 44.3 cm³/mol. The maximum Gasteiger partial charge on any atom is 0.341 e. The molecular formula is C6H13ClN2O3. The van der Waals surface area contributed by atoms with Gasteiger partial charge in [0.15, 0.2) is 0 Å². The SMILES string of the molecule is CC(O)CN(O)C(=O)NCCCl. The summed E-state index contributed by atoms with van der Waals surface area (Å²) in [5.74, 6) is 0.286. The molecule has 0 aliphatic carbocycles. The fraction of sp³-hybridized carbons (Fsp3) is 0.833. The van der Waals surface area contributed by atoms with E-state index < -0.39 is 12.1 Å². The molecule has 0 heterocycles. The van der Waals surface area contributed by atoms with Crippen molar-refractivity contribution >= 4 is 17.6 Å². The Morgan fingerprint density at radius 1 is 1.75 bits per heavy atom. The third kappa shape index (κ3) is 5.17. The van der Waals surface area contributed by atoms with Crippen molar-refractivity contribution in [3.05, 3.63) is 0 Å². The number of amides is 2. The first-order chi connectivity index (χ1) is 5.57. The van der Waals surface area contributed by atoms with E-state index in [0.717, 1.165) is 0 Å². The topological polar surface area (TPSA) is 72.8 Å². The number of hydroxylamine groups is 2. The summed E-state index contributed by atoms with van der Waals surface area (Å²) in [6, 6.07) is -0.656. The smallest absolute Gasteiger partial charge is 0.341 e. The second kappa shape index (κ2) is 6.05. The van der Waals surface area contributed by atoms with Crippen LogP contribution in [0.15, 0.2) is 0 Å². The number of carbonyl (C=O) groups is 1. The van der Waals surface area contributed by atoms with Gasteiger partial charge >= 0.3 is 6.03 Å². The Labute approximate surface area is 75.9 Å². The van der Waals surface area contributed by atoms with Gasteiger partial charge in [0.25, 0.3) is 0 Å². The zero-order valence-corrected chi connectivity index (χ0v) is 7.58. The van der Waals surface area contributed by atoms with Crippen LogP contribution in [0.1, 0.15) is 6.92 Å². The molecule has 0 spiro atoms. The minimum Gasteiger partial charge on any atom is -0.391 e. The molecular weight excluding hydrogens is 184 g/mol. The molecule has 0 aliphatic rings. The normalized spacial score (nSPS) is 12.3. The maximum absolute atomic E-state index is 10.8. The maximum atomic E-state index is 10.8. The van der Waals surface area contributed by atoms with E-state index in [1.165, 1.54) is 6.92 Å². The molecule has 2 amide bonds. The van der Waals surface area contributed by atoms with Crippen LogP contribution in [0.2, 0.25) is 0 Å². The van der Waals surface area contributed by atoms with E-state index >= 15 is 0 Å². The van der Waals surface area contributed by atoms with Crippen LogP contribution in [0.25, 0.3) is 0 Å². The average Bonchev–Trinajstić information content (AvgIpc) is 1.98. The van der Waals surface area contributed by atoms with Crippen molar-refractivity contribution in [1.82, 2.24) is 10.4 Å². The lowest BCUT2D eigenvalue weighted by Gasteiger charge is -2.16. The summed E-state index contributed by atoms with van der Waals surface area (Å²) in [5, 5.41) is 20.5. The monoisotopic (exact) mass is 196 g/mol. The number of hydrogen-bond donors (Lipinski definition) is 3. The van der Waals surface area contributed by atoms with Crippen molar-refractivity contribution in [2.24, 2.45) is 0 Å². The molecule has 12 heavy (non-hydrogen) atoms. The first-order valence-corrected chi connectivity index (χ1v) is 4.09. The molecule has 0 aromatic carbocycles. The number of aliphatic hydroxyl groups excluding tert-OH is 1. The molecule has 0 bridgehead atoms. The Morgan fingerprint density at radius 2 is 2.33 bits per heavy atom. The van der Waals surface area contributed by atoms with Gasteiger partial charge in [0.05, 0.1) is 12.6 Å². The van der Waals surface area contributed by atoms with Crippen LogP contribution < -0.4 is 5.32 Å². The zero-order chi connectivity index (χ0) is 9.56. The van der Waals surface area contributed by atoms with Crippen LogP contribution >= 0.6 is 11.6 Å². The number of nitrogens with one attached hydrogen (secondary N) is 1. The van der Waals surface area contributed by atoms with Gasteiger partial charge in [0.2, 0.25) is 0 Å². The lowest BCUT2D eigenvalue weighted by Crippen LogP contribution is -2.41. The molecule has 0 saturated heterocycles. The van der Waals surface area contributed by atoms with Gasteiger partial charge in [-0.25, -0.2) is 9.86 Å². The van der Waals surface area contributed by atoms with E-state index in [9.17, 15) is 4.79 Å². The highest BCUT2D eigenvalue weighted by Gasteiger charge is 2.11. The Kier molecular flexibility index (Phi) is 5.79. The third-order valence-electron chi connectivity index (χ3n) is 1.04. The van der Waals surface area contributed by atoms with Gasteiger partial charge in [0.1, 0.15) is 0 Å². The Hall–Kier alpha value is -0.520. The molecule has 72 valence electrons. The molecule has 5 nitrogen and oxygen atoms in total. The van der Waals surface area contributed by atoms with Gasteiger partial charge in [-0.05, 0) is 6.92 Å². The second-order valence-electron chi connectivity index (χ2n) is 2.35. The molecule has 0 aromatic heterocycles. The summed E-state index contributed by atoms with van der Waals surface area (Å²) >= 11 is 5.29. The van der Waals surface area contributed by atoms with Gasteiger partial charge in [-0.2, -0.15) is 0 Å². The van der Waals surface area contributed by atoms with E-state index in [1.807, 2.05) is 0 Å². The lowest BCUT2D eigenvalue weighted by molar-refractivity contribution is -0.0656. The summed E-state index contributed by atoms with van der Waals surface area (Å²) in [6.45, 7) is 1.64. The molecule has 6 heteroatoms. The Balaban J connectivity index is 3.61. The number of carbonyl (C=O) groups excluding carboxylic acids is 1. The van der Waals surface area contributed by atoms with Crippen LogP contribution in [0.3, 0.4) is 0 Å². The highest BCUT2D eigenvalue weighted by Crippen LogP contribution is 1.88. The third-order valence-corrected chi connectivity index (χ3v) is 1.23. The van der Waals surface area contributed by atoms with Crippen LogP contribution in [-0.4, -0.2) is 46.5 Å². The van der Waals surface area contributed by atoms with Crippen LogP contribution in [-0.2, 0) is 0 Å². The predicted octanol–water partition coefficient (Wildman–Crippen LogP) is 0.00680. The quantitative estimate of drug-likeness (QED) is 0.337. The fourth-order valence-electron chi connectivity index (χ4n) is 0.579. The number of urea groups is 1. The van der Waals surface area contributed by atoms with E-state index in [2.05, 4.69) is 5.32 Å². The standard InChI is InChI=1S/C6H13ClN2O3/c1-5(10)4-9(12)6(11)8-3-2-7/h5,10,12H,2-4H2,1H3,(H,8,11). The molecule has 0 radical (unpaired) electrons. The minimum absolute atomic E-state index is 0.117. The number of aliphatic hydroxyl groups is 1. The van der Waals surface area contributed by atoms with Crippen molar-refractivity contribution in [3.8, 4) is 0 Å². The lowest BCUT2D eigenvalue weighted by atomic mass is 10.4. The summed E-state index contributed by atoms with van der Waals surface area (Å²) in [6.07, 6.45) is -0.753. The Bertz CT molecular complexity index is 143. The van der Waals surface area contributed by atoms with Crippen LogP contribution in [0, 0.1) is 0 Å².